The van der Waals surface area contributed by atoms with Crippen LogP contribution in [0.4, 0.5) is 0 Å². The van der Waals surface area contributed by atoms with Gasteiger partial charge in [-0.1, -0.05) is 114 Å². The van der Waals surface area contributed by atoms with Crippen molar-refractivity contribution in [3.05, 3.63) is 41.5 Å². The maximum atomic E-state index is 12.3. The molecule has 0 heterocycles. The standard InChI is InChI=1S/C25H41NO/c1-3-5-7-9-11-14-18-22(19-15-12-10-8-6-4-2)24(25(26)27)23-20-16-13-17-21-23/h13,16-17,20-21H,3-12,14-15,18-19H2,1-2H3,(H2,26,27). The van der Waals surface area contributed by atoms with Crippen LogP contribution in [0.1, 0.15) is 109 Å². The van der Waals surface area contributed by atoms with Crippen LogP contribution in [0.25, 0.3) is 5.57 Å². The zero-order valence-corrected chi connectivity index (χ0v) is 17.8. The SMILES string of the molecule is CCCCCCCCC(CCCCCCCC)=C(C(N)=O)c1ccccc1. The lowest BCUT2D eigenvalue weighted by Crippen LogP contribution is -2.15. The Hall–Kier alpha value is -1.57. The summed E-state index contributed by atoms with van der Waals surface area (Å²) in [6.45, 7) is 4.50. The van der Waals surface area contributed by atoms with Crippen molar-refractivity contribution in [3.8, 4) is 0 Å². The predicted molar refractivity (Wildman–Crippen MR) is 119 cm³/mol. The fourth-order valence-electron chi connectivity index (χ4n) is 3.74. The van der Waals surface area contributed by atoms with Crippen molar-refractivity contribution < 1.29 is 4.79 Å². The second kappa shape index (κ2) is 15.5. The Bertz CT molecular complexity index is 515. The molecule has 0 bridgehead atoms. The average Bonchev–Trinajstić information content (AvgIpc) is 2.67. The van der Waals surface area contributed by atoms with Crippen LogP contribution in [0.3, 0.4) is 0 Å². The summed E-state index contributed by atoms with van der Waals surface area (Å²) in [6, 6.07) is 10.0. The largest absolute Gasteiger partial charge is 0.366 e. The van der Waals surface area contributed by atoms with E-state index in [1.54, 1.807) is 0 Å². The highest BCUT2D eigenvalue weighted by molar-refractivity contribution is 6.19. The Kier molecular flexibility index (Phi) is 13.5. The molecule has 0 aromatic heterocycles. The van der Waals surface area contributed by atoms with E-state index in [0.717, 1.165) is 24.0 Å². The van der Waals surface area contributed by atoms with Gasteiger partial charge in [-0.25, -0.2) is 0 Å². The first-order valence-electron chi connectivity index (χ1n) is 11.3. The molecule has 0 unspecified atom stereocenters. The smallest absolute Gasteiger partial charge is 0.249 e. The van der Waals surface area contributed by atoms with E-state index in [9.17, 15) is 4.79 Å². The third-order valence-electron chi connectivity index (χ3n) is 5.33. The summed E-state index contributed by atoms with van der Waals surface area (Å²) in [5.41, 5.74) is 8.85. The molecule has 1 aromatic rings. The van der Waals surface area contributed by atoms with Gasteiger partial charge in [0, 0.05) is 5.57 Å². The summed E-state index contributed by atoms with van der Waals surface area (Å²) in [5.74, 6) is -0.270. The van der Waals surface area contributed by atoms with E-state index in [1.165, 1.54) is 82.6 Å². The van der Waals surface area contributed by atoms with E-state index in [4.69, 9.17) is 5.73 Å². The van der Waals surface area contributed by atoms with Crippen LogP contribution in [0.5, 0.6) is 0 Å². The second-order valence-electron chi connectivity index (χ2n) is 7.74. The number of benzene rings is 1. The summed E-state index contributed by atoms with van der Waals surface area (Å²) in [4.78, 5) is 12.3. The molecular weight excluding hydrogens is 330 g/mol. The molecule has 0 atom stereocenters. The fraction of sp³-hybridized carbons (Fsp3) is 0.640. The molecule has 152 valence electrons. The number of primary amides is 1. The minimum absolute atomic E-state index is 0.270. The van der Waals surface area contributed by atoms with E-state index < -0.39 is 0 Å². The first-order chi connectivity index (χ1) is 13.2. The Labute approximate surface area is 167 Å². The van der Waals surface area contributed by atoms with Gasteiger partial charge in [0.2, 0.25) is 5.91 Å². The van der Waals surface area contributed by atoms with Crippen LogP contribution in [-0.4, -0.2) is 5.91 Å². The average molecular weight is 372 g/mol. The molecule has 1 rings (SSSR count). The number of rotatable bonds is 16. The minimum atomic E-state index is -0.270. The molecule has 0 fully saturated rings. The first kappa shape index (κ1) is 23.5. The van der Waals surface area contributed by atoms with Crippen molar-refractivity contribution in [3.63, 3.8) is 0 Å². The van der Waals surface area contributed by atoms with Gasteiger partial charge in [0.15, 0.2) is 0 Å². The monoisotopic (exact) mass is 371 g/mol. The van der Waals surface area contributed by atoms with Gasteiger partial charge >= 0.3 is 0 Å². The number of hydrogen-bond donors (Lipinski definition) is 1. The van der Waals surface area contributed by atoms with Crippen LogP contribution in [0, 0.1) is 0 Å². The molecular formula is C25H41NO. The highest BCUT2D eigenvalue weighted by Crippen LogP contribution is 2.27. The number of carbonyl (C=O) groups is 1. The maximum Gasteiger partial charge on any atom is 0.249 e. The maximum absolute atomic E-state index is 12.3. The van der Waals surface area contributed by atoms with Gasteiger partial charge in [-0.15, -0.1) is 0 Å². The molecule has 2 N–H and O–H groups in total. The predicted octanol–water partition coefficient (Wildman–Crippen LogP) is 7.43. The van der Waals surface area contributed by atoms with E-state index in [2.05, 4.69) is 13.8 Å². The lowest BCUT2D eigenvalue weighted by atomic mass is 9.91. The van der Waals surface area contributed by atoms with Crippen molar-refractivity contribution in [2.24, 2.45) is 5.73 Å². The molecule has 0 radical (unpaired) electrons. The zero-order chi connectivity index (χ0) is 19.7. The van der Waals surface area contributed by atoms with Crippen molar-refractivity contribution in [2.75, 3.05) is 0 Å². The lowest BCUT2D eigenvalue weighted by Gasteiger charge is -2.14. The Morgan fingerprint density at radius 3 is 1.59 bits per heavy atom. The van der Waals surface area contributed by atoms with E-state index in [0.29, 0.717) is 0 Å². The Balaban J connectivity index is 2.73. The van der Waals surface area contributed by atoms with Gasteiger partial charge in [0.05, 0.1) is 0 Å². The molecule has 0 aliphatic heterocycles. The molecule has 0 aliphatic rings. The molecule has 0 saturated carbocycles. The number of unbranched alkanes of at least 4 members (excludes halogenated alkanes) is 10. The van der Waals surface area contributed by atoms with Crippen LogP contribution >= 0.6 is 0 Å². The molecule has 0 saturated heterocycles. The first-order valence-corrected chi connectivity index (χ1v) is 11.3. The number of carbonyl (C=O) groups excluding carboxylic acids is 1. The number of amides is 1. The number of hydrogen-bond acceptors (Lipinski definition) is 1. The van der Waals surface area contributed by atoms with Gasteiger partial charge in [0.1, 0.15) is 0 Å². The molecule has 1 aromatic carbocycles. The topological polar surface area (TPSA) is 43.1 Å². The minimum Gasteiger partial charge on any atom is -0.366 e. The summed E-state index contributed by atoms with van der Waals surface area (Å²) in [5, 5.41) is 0. The fourth-order valence-corrected chi connectivity index (χ4v) is 3.74. The third-order valence-corrected chi connectivity index (χ3v) is 5.33. The van der Waals surface area contributed by atoms with Crippen molar-refractivity contribution in [1.29, 1.82) is 0 Å². The lowest BCUT2D eigenvalue weighted by molar-refractivity contribution is -0.112. The molecule has 0 spiro atoms. The van der Waals surface area contributed by atoms with E-state index >= 15 is 0 Å². The highest BCUT2D eigenvalue weighted by atomic mass is 16.1. The number of allylic oxidation sites excluding steroid dienone is 1. The van der Waals surface area contributed by atoms with Crippen molar-refractivity contribution in [1.82, 2.24) is 0 Å². The molecule has 27 heavy (non-hydrogen) atoms. The van der Waals surface area contributed by atoms with Gasteiger partial charge < -0.3 is 5.73 Å². The molecule has 2 nitrogen and oxygen atoms in total. The van der Waals surface area contributed by atoms with Gasteiger partial charge in [-0.3, -0.25) is 4.79 Å². The normalized spacial score (nSPS) is 10.7. The Morgan fingerprint density at radius 1 is 0.704 bits per heavy atom. The Morgan fingerprint density at radius 2 is 1.15 bits per heavy atom. The van der Waals surface area contributed by atoms with Crippen LogP contribution in [0.2, 0.25) is 0 Å². The third kappa shape index (κ3) is 10.4. The molecule has 1 amide bonds. The summed E-state index contributed by atoms with van der Waals surface area (Å²) in [7, 11) is 0. The van der Waals surface area contributed by atoms with Gasteiger partial charge in [0.25, 0.3) is 0 Å². The van der Waals surface area contributed by atoms with E-state index in [1.807, 2.05) is 30.3 Å². The summed E-state index contributed by atoms with van der Waals surface area (Å²) >= 11 is 0. The quantitative estimate of drug-likeness (QED) is 0.238. The van der Waals surface area contributed by atoms with Crippen LogP contribution < -0.4 is 5.73 Å². The summed E-state index contributed by atoms with van der Waals surface area (Å²) in [6.07, 6.45) is 17.3. The van der Waals surface area contributed by atoms with Gasteiger partial charge in [-0.2, -0.15) is 0 Å². The van der Waals surface area contributed by atoms with Crippen LogP contribution in [0.15, 0.2) is 35.9 Å². The highest BCUT2D eigenvalue weighted by Gasteiger charge is 2.14. The zero-order valence-electron chi connectivity index (χ0n) is 17.8. The molecule has 2 heteroatoms. The summed E-state index contributed by atoms with van der Waals surface area (Å²) < 4.78 is 0. The van der Waals surface area contributed by atoms with Crippen LogP contribution in [-0.2, 0) is 4.79 Å². The second-order valence-corrected chi connectivity index (χ2v) is 7.74. The van der Waals surface area contributed by atoms with E-state index in [-0.39, 0.29) is 5.91 Å². The van der Waals surface area contributed by atoms with Crippen molar-refractivity contribution >= 4 is 11.5 Å². The number of nitrogens with two attached hydrogens (primary N) is 1. The van der Waals surface area contributed by atoms with Crippen molar-refractivity contribution in [2.45, 2.75) is 104 Å². The molecule has 0 aliphatic carbocycles. The van der Waals surface area contributed by atoms with Gasteiger partial charge in [-0.05, 0) is 31.2 Å².